The minimum atomic E-state index is -0.624. The summed E-state index contributed by atoms with van der Waals surface area (Å²) in [6.07, 6.45) is 5.30. The van der Waals surface area contributed by atoms with E-state index in [9.17, 15) is 9.59 Å². The van der Waals surface area contributed by atoms with E-state index in [-0.39, 0.29) is 11.3 Å². The molecule has 0 aliphatic heterocycles. The summed E-state index contributed by atoms with van der Waals surface area (Å²) < 4.78 is 16.8. The lowest BCUT2D eigenvalue weighted by Crippen LogP contribution is -2.19. The van der Waals surface area contributed by atoms with Gasteiger partial charge >= 0.3 is 5.97 Å². The molecule has 1 amide bonds. The Kier molecular flexibility index (Phi) is 10.2. The second-order valence-electron chi connectivity index (χ2n) is 7.68. The molecular formula is C27H32ClNO5. The number of unbranched alkanes of at least 4 members (excludes halogenated alkanes) is 1. The zero-order valence-corrected chi connectivity index (χ0v) is 21.3. The molecule has 0 unspecified atom stereocenters. The van der Waals surface area contributed by atoms with Crippen LogP contribution in [0.4, 0.5) is 5.69 Å². The van der Waals surface area contributed by atoms with Gasteiger partial charge in [-0.15, -0.1) is 0 Å². The number of allylic oxidation sites excluding steroid dienone is 2. The van der Waals surface area contributed by atoms with E-state index in [4.69, 9.17) is 25.8 Å². The Morgan fingerprint density at radius 2 is 1.74 bits per heavy atom. The Hall–Kier alpha value is -3.25. The Morgan fingerprint density at radius 3 is 2.35 bits per heavy atom. The standard InChI is InChI=1S/C27H32ClNO5/c1-7-10-13-33-23(9-3)20(8-2)26(30)29-22-12-11-19(28)16-25(22)34-27(31)21-14-17(4)18(5)15-24(21)32-6/h8-9,11-12,14-16H,7,10,13H2,1-6H3,(H,29,30). The second kappa shape index (κ2) is 12.8. The van der Waals surface area contributed by atoms with Crippen molar-refractivity contribution in [2.45, 2.75) is 47.5 Å². The largest absolute Gasteiger partial charge is 0.496 e. The molecule has 6 nitrogen and oxygen atoms in total. The number of carbonyl (C=O) groups excluding carboxylic acids is 2. The monoisotopic (exact) mass is 485 g/mol. The molecule has 0 fully saturated rings. The van der Waals surface area contributed by atoms with Crippen LogP contribution in [0, 0.1) is 13.8 Å². The Labute approximate surface area is 206 Å². The summed E-state index contributed by atoms with van der Waals surface area (Å²) in [4.78, 5) is 26.1. The molecule has 0 aliphatic carbocycles. The van der Waals surface area contributed by atoms with E-state index in [1.54, 1.807) is 43.3 Å². The van der Waals surface area contributed by atoms with Crippen LogP contribution in [0.3, 0.4) is 0 Å². The van der Waals surface area contributed by atoms with Gasteiger partial charge in [0.25, 0.3) is 5.91 Å². The van der Waals surface area contributed by atoms with Crippen LogP contribution in [0.1, 0.15) is 55.1 Å². The molecule has 1 N–H and O–H groups in total. The third-order valence-corrected chi connectivity index (χ3v) is 5.48. The van der Waals surface area contributed by atoms with E-state index in [0.29, 0.717) is 34.4 Å². The number of carbonyl (C=O) groups is 2. The minimum absolute atomic E-state index is 0.121. The highest BCUT2D eigenvalue weighted by atomic mass is 35.5. The van der Waals surface area contributed by atoms with Crippen LogP contribution < -0.4 is 14.8 Å². The van der Waals surface area contributed by atoms with Gasteiger partial charge in [-0.05, 0) is 75.6 Å². The quantitative estimate of drug-likeness (QED) is 0.100. The third kappa shape index (κ3) is 6.87. The van der Waals surface area contributed by atoms with Crippen molar-refractivity contribution in [3.8, 4) is 11.5 Å². The maximum Gasteiger partial charge on any atom is 0.347 e. The Bertz CT molecular complexity index is 1100. The molecule has 2 aromatic rings. The fourth-order valence-electron chi connectivity index (χ4n) is 3.17. The van der Waals surface area contributed by atoms with E-state index >= 15 is 0 Å². The lowest BCUT2D eigenvalue weighted by atomic mass is 10.1. The fourth-order valence-corrected chi connectivity index (χ4v) is 3.34. The minimum Gasteiger partial charge on any atom is -0.496 e. The first-order valence-electron chi connectivity index (χ1n) is 11.2. The van der Waals surface area contributed by atoms with Gasteiger partial charge in [-0.1, -0.05) is 31.0 Å². The van der Waals surface area contributed by atoms with Crippen LogP contribution in [0.25, 0.3) is 0 Å². The van der Waals surface area contributed by atoms with Gasteiger partial charge in [-0.3, -0.25) is 4.79 Å². The van der Waals surface area contributed by atoms with Crippen molar-refractivity contribution < 1.29 is 23.8 Å². The summed E-state index contributed by atoms with van der Waals surface area (Å²) in [5, 5.41) is 3.16. The average molecular weight is 486 g/mol. The molecule has 0 atom stereocenters. The first kappa shape index (κ1) is 27.0. The van der Waals surface area contributed by atoms with Crippen molar-refractivity contribution in [1.82, 2.24) is 0 Å². The summed E-state index contributed by atoms with van der Waals surface area (Å²) in [5.74, 6) is -0.00768. The molecule has 0 saturated heterocycles. The van der Waals surface area contributed by atoms with E-state index in [1.165, 1.54) is 13.2 Å². The molecule has 7 heteroatoms. The summed E-state index contributed by atoms with van der Waals surface area (Å²) in [7, 11) is 1.49. The molecule has 0 spiro atoms. The van der Waals surface area contributed by atoms with Gasteiger partial charge in [0, 0.05) is 11.1 Å². The lowest BCUT2D eigenvalue weighted by molar-refractivity contribution is -0.113. The summed E-state index contributed by atoms with van der Waals surface area (Å²) in [6.45, 7) is 9.99. The van der Waals surface area contributed by atoms with Crippen molar-refractivity contribution in [3.63, 3.8) is 0 Å². The zero-order chi connectivity index (χ0) is 25.3. The van der Waals surface area contributed by atoms with E-state index < -0.39 is 11.9 Å². The van der Waals surface area contributed by atoms with Crippen LogP contribution >= 0.6 is 11.6 Å². The Morgan fingerprint density at radius 1 is 1.03 bits per heavy atom. The third-order valence-electron chi connectivity index (χ3n) is 5.25. The molecule has 34 heavy (non-hydrogen) atoms. The number of anilines is 1. The van der Waals surface area contributed by atoms with Crippen LogP contribution in [-0.2, 0) is 9.53 Å². The molecular weight excluding hydrogens is 454 g/mol. The van der Waals surface area contributed by atoms with Crippen LogP contribution in [0.15, 0.2) is 53.8 Å². The number of esters is 1. The van der Waals surface area contributed by atoms with Crippen LogP contribution in [-0.4, -0.2) is 25.6 Å². The topological polar surface area (TPSA) is 73.9 Å². The number of ether oxygens (including phenoxy) is 3. The highest BCUT2D eigenvalue weighted by Crippen LogP contribution is 2.31. The first-order valence-corrected chi connectivity index (χ1v) is 11.6. The van der Waals surface area contributed by atoms with Crippen molar-refractivity contribution >= 4 is 29.2 Å². The highest BCUT2D eigenvalue weighted by Gasteiger charge is 2.21. The molecule has 0 radical (unpaired) electrons. The second-order valence-corrected chi connectivity index (χ2v) is 8.11. The number of hydrogen-bond acceptors (Lipinski definition) is 5. The lowest BCUT2D eigenvalue weighted by Gasteiger charge is -2.16. The summed E-state index contributed by atoms with van der Waals surface area (Å²) >= 11 is 6.15. The van der Waals surface area contributed by atoms with Crippen molar-refractivity contribution in [2.75, 3.05) is 19.0 Å². The maximum absolute atomic E-state index is 13.1. The van der Waals surface area contributed by atoms with E-state index in [0.717, 1.165) is 24.0 Å². The number of nitrogens with one attached hydrogen (secondary N) is 1. The molecule has 0 aliphatic rings. The number of halogens is 1. The van der Waals surface area contributed by atoms with Gasteiger partial charge in [0.1, 0.15) is 17.1 Å². The molecule has 182 valence electrons. The van der Waals surface area contributed by atoms with E-state index in [1.807, 2.05) is 20.8 Å². The van der Waals surface area contributed by atoms with Crippen molar-refractivity contribution in [2.24, 2.45) is 0 Å². The van der Waals surface area contributed by atoms with Crippen LogP contribution in [0.5, 0.6) is 11.5 Å². The highest BCUT2D eigenvalue weighted by molar-refractivity contribution is 6.31. The smallest absolute Gasteiger partial charge is 0.347 e. The maximum atomic E-state index is 13.1. The molecule has 0 aromatic heterocycles. The van der Waals surface area contributed by atoms with E-state index in [2.05, 4.69) is 12.2 Å². The molecule has 2 aromatic carbocycles. The number of amides is 1. The molecule has 0 saturated carbocycles. The van der Waals surface area contributed by atoms with Gasteiger partial charge in [0.2, 0.25) is 0 Å². The molecule has 0 bridgehead atoms. The summed E-state index contributed by atoms with van der Waals surface area (Å²) in [6, 6.07) is 8.16. The fraction of sp³-hybridized carbons (Fsp3) is 0.333. The predicted octanol–water partition coefficient (Wildman–Crippen LogP) is 6.79. The van der Waals surface area contributed by atoms with Gasteiger partial charge in [-0.25, -0.2) is 4.79 Å². The van der Waals surface area contributed by atoms with Crippen LogP contribution in [0.2, 0.25) is 5.02 Å². The SMILES string of the molecule is CC=C(OCCCC)C(=CC)C(=O)Nc1ccc(Cl)cc1OC(=O)c1cc(C)c(C)cc1OC. The predicted molar refractivity (Wildman–Crippen MR) is 136 cm³/mol. The van der Waals surface area contributed by atoms with Gasteiger partial charge in [0.15, 0.2) is 5.75 Å². The number of benzene rings is 2. The molecule has 2 rings (SSSR count). The zero-order valence-electron chi connectivity index (χ0n) is 20.6. The first-order chi connectivity index (χ1) is 16.2. The number of rotatable bonds is 10. The van der Waals surface area contributed by atoms with Gasteiger partial charge in [0.05, 0.1) is 25.0 Å². The summed E-state index contributed by atoms with van der Waals surface area (Å²) in [5.41, 5.74) is 2.86. The Balaban J connectivity index is 2.31. The normalized spacial score (nSPS) is 11.7. The number of methoxy groups -OCH3 is 1. The van der Waals surface area contributed by atoms with Gasteiger partial charge < -0.3 is 19.5 Å². The number of aryl methyl sites for hydroxylation is 2. The molecule has 0 heterocycles. The van der Waals surface area contributed by atoms with Gasteiger partial charge in [-0.2, -0.15) is 0 Å². The number of hydrogen-bond donors (Lipinski definition) is 1. The van der Waals surface area contributed by atoms with Crippen molar-refractivity contribution in [3.05, 3.63) is 75.5 Å². The van der Waals surface area contributed by atoms with Crippen molar-refractivity contribution in [1.29, 1.82) is 0 Å². The average Bonchev–Trinajstić information content (AvgIpc) is 2.81.